The Bertz CT molecular complexity index is 475. The molecule has 110 valence electrons. The maximum absolute atomic E-state index is 12.4. The van der Waals surface area contributed by atoms with E-state index in [1.165, 1.54) is 12.1 Å². The average molecular weight is 304 g/mol. The van der Waals surface area contributed by atoms with Gasteiger partial charge < -0.3 is 10.2 Å². The number of carbonyl (C=O) groups is 1. The standard InChI is InChI=1S/C13H15F3N2OS/c1-20-11-6-7-18(8-11)12(19)17-10-4-2-9(3-5-10)13(14,15)16/h2-5,11H,6-8H2,1H3,(H,17,19)/t11-/m0/s1. The summed E-state index contributed by atoms with van der Waals surface area (Å²) >= 11 is 1.72. The molecule has 1 atom stereocenters. The van der Waals surface area contributed by atoms with Gasteiger partial charge in [-0.1, -0.05) is 0 Å². The average Bonchev–Trinajstić information content (AvgIpc) is 2.87. The monoisotopic (exact) mass is 304 g/mol. The van der Waals surface area contributed by atoms with Gasteiger partial charge in [-0.3, -0.25) is 0 Å². The fraction of sp³-hybridized carbons (Fsp3) is 0.462. The van der Waals surface area contributed by atoms with E-state index in [1.807, 2.05) is 6.26 Å². The van der Waals surface area contributed by atoms with Crippen molar-refractivity contribution in [3.05, 3.63) is 29.8 Å². The van der Waals surface area contributed by atoms with E-state index in [0.29, 0.717) is 24.0 Å². The van der Waals surface area contributed by atoms with Crippen molar-refractivity contribution < 1.29 is 18.0 Å². The van der Waals surface area contributed by atoms with Gasteiger partial charge in [-0.25, -0.2) is 4.79 Å². The molecule has 1 saturated heterocycles. The zero-order valence-electron chi connectivity index (χ0n) is 10.9. The zero-order chi connectivity index (χ0) is 14.8. The number of nitrogens with zero attached hydrogens (tertiary/aromatic N) is 1. The molecule has 1 aromatic rings. The topological polar surface area (TPSA) is 32.3 Å². The van der Waals surface area contributed by atoms with Crippen molar-refractivity contribution in [3.8, 4) is 0 Å². The molecule has 1 aliphatic heterocycles. The van der Waals surface area contributed by atoms with Crippen LogP contribution < -0.4 is 5.32 Å². The Hall–Kier alpha value is -1.37. The SMILES string of the molecule is CS[C@H]1CCN(C(=O)Nc2ccc(C(F)(F)F)cc2)C1. The van der Waals surface area contributed by atoms with Crippen LogP contribution in [0.2, 0.25) is 0 Å². The molecule has 1 aliphatic rings. The number of thioether (sulfide) groups is 1. The normalized spacial score (nSPS) is 19.2. The first kappa shape index (κ1) is 15.0. The van der Waals surface area contributed by atoms with Gasteiger partial charge in [0.1, 0.15) is 0 Å². The maximum Gasteiger partial charge on any atom is 0.416 e. The van der Waals surface area contributed by atoms with E-state index in [2.05, 4.69) is 5.32 Å². The molecule has 1 N–H and O–H groups in total. The first-order chi connectivity index (χ1) is 9.40. The number of halogens is 3. The Morgan fingerprint density at radius 1 is 1.35 bits per heavy atom. The number of amides is 2. The van der Waals surface area contributed by atoms with Gasteiger partial charge in [-0.15, -0.1) is 0 Å². The number of alkyl halides is 3. The number of benzene rings is 1. The lowest BCUT2D eigenvalue weighted by Crippen LogP contribution is -2.33. The summed E-state index contributed by atoms with van der Waals surface area (Å²) in [5.41, 5.74) is -0.352. The molecule has 7 heteroatoms. The highest BCUT2D eigenvalue weighted by atomic mass is 32.2. The highest BCUT2D eigenvalue weighted by molar-refractivity contribution is 7.99. The van der Waals surface area contributed by atoms with Crippen LogP contribution in [0, 0.1) is 0 Å². The van der Waals surface area contributed by atoms with E-state index in [0.717, 1.165) is 18.6 Å². The lowest BCUT2D eigenvalue weighted by atomic mass is 10.2. The van der Waals surface area contributed by atoms with Crippen molar-refractivity contribution in [1.29, 1.82) is 0 Å². The smallest absolute Gasteiger partial charge is 0.323 e. The molecular formula is C13H15F3N2OS. The van der Waals surface area contributed by atoms with Crippen LogP contribution in [0.1, 0.15) is 12.0 Å². The molecule has 1 heterocycles. The summed E-state index contributed by atoms with van der Waals surface area (Å²) in [7, 11) is 0. The van der Waals surface area contributed by atoms with E-state index in [4.69, 9.17) is 0 Å². The number of likely N-dealkylation sites (tertiary alicyclic amines) is 1. The summed E-state index contributed by atoms with van der Waals surface area (Å²) in [4.78, 5) is 13.6. The van der Waals surface area contributed by atoms with Gasteiger partial charge >= 0.3 is 12.2 Å². The van der Waals surface area contributed by atoms with E-state index in [1.54, 1.807) is 16.7 Å². The first-order valence-corrected chi connectivity index (χ1v) is 7.45. The van der Waals surface area contributed by atoms with E-state index >= 15 is 0 Å². The summed E-state index contributed by atoms with van der Waals surface area (Å²) in [6, 6.07) is 4.20. The van der Waals surface area contributed by atoms with Crippen molar-refractivity contribution >= 4 is 23.5 Å². The van der Waals surface area contributed by atoms with Crippen molar-refractivity contribution in [1.82, 2.24) is 4.90 Å². The number of urea groups is 1. The van der Waals surface area contributed by atoms with Crippen molar-refractivity contribution in [2.45, 2.75) is 17.8 Å². The lowest BCUT2D eigenvalue weighted by molar-refractivity contribution is -0.137. The van der Waals surface area contributed by atoms with Crippen LogP contribution in [0.25, 0.3) is 0 Å². The minimum atomic E-state index is -4.36. The third-order valence-corrected chi connectivity index (χ3v) is 4.28. The number of nitrogens with one attached hydrogen (secondary N) is 1. The molecule has 20 heavy (non-hydrogen) atoms. The van der Waals surface area contributed by atoms with E-state index in [-0.39, 0.29) is 6.03 Å². The van der Waals surface area contributed by atoms with Crippen molar-refractivity contribution in [3.63, 3.8) is 0 Å². The summed E-state index contributed by atoms with van der Waals surface area (Å²) < 4.78 is 37.2. The zero-order valence-corrected chi connectivity index (χ0v) is 11.7. The molecule has 2 rings (SSSR count). The molecule has 2 amide bonds. The number of anilines is 1. The Morgan fingerprint density at radius 2 is 2.00 bits per heavy atom. The van der Waals surface area contributed by atoms with Crippen LogP contribution in [-0.2, 0) is 6.18 Å². The summed E-state index contributed by atoms with van der Waals surface area (Å²) in [5, 5.41) is 3.06. The second-order valence-corrected chi connectivity index (χ2v) is 5.74. The molecule has 0 aromatic heterocycles. The van der Waals surface area contributed by atoms with Gasteiger partial charge in [0.25, 0.3) is 0 Å². The molecule has 0 aliphatic carbocycles. The Labute approximate surface area is 119 Å². The Kier molecular flexibility index (Phi) is 4.47. The van der Waals surface area contributed by atoms with E-state index < -0.39 is 11.7 Å². The van der Waals surface area contributed by atoms with Gasteiger partial charge in [-0.05, 0) is 36.9 Å². The third-order valence-electron chi connectivity index (χ3n) is 3.23. The predicted octanol–water partition coefficient (Wildman–Crippen LogP) is 3.67. The summed E-state index contributed by atoms with van der Waals surface area (Å²) in [6.45, 7) is 1.35. The molecule has 0 unspecified atom stereocenters. The number of carbonyl (C=O) groups excluding carboxylic acids is 1. The number of hydrogen-bond acceptors (Lipinski definition) is 2. The molecular weight excluding hydrogens is 289 g/mol. The minimum absolute atomic E-state index is 0.263. The van der Waals surface area contributed by atoms with E-state index in [9.17, 15) is 18.0 Å². The number of rotatable bonds is 2. The van der Waals surface area contributed by atoms with Crippen LogP contribution >= 0.6 is 11.8 Å². The third kappa shape index (κ3) is 3.59. The fourth-order valence-corrected chi connectivity index (χ4v) is 2.72. The Morgan fingerprint density at radius 3 is 2.50 bits per heavy atom. The summed E-state index contributed by atoms with van der Waals surface area (Å²) in [5.74, 6) is 0. The van der Waals surface area contributed by atoms with Gasteiger partial charge in [0.15, 0.2) is 0 Å². The van der Waals surface area contributed by atoms with Gasteiger partial charge in [0.2, 0.25) is 0 Å². The molecule has 0 radical (unpaired) electrons. The van der Waals surface area contributed by atoms with Gasteiger partial charge in [0.05, 0.1) is 5.56 Å². The quantitative estimate of drug-likeness (QED) is 0.904. The highest BCUT2D eigenvalue weighted by Gasteiger charge is 2.30. The molecule has 0 saturated carbocycles. The Balaban J connectivity index is 1.95. The maximum atomic E-state index is 12.4. The van der Waals surface area contributed by atoms with Gasteiger partial charge in [0, 0.05) is 24.0 Å². The molecule has 0 spiro atoms. The molecule has 0 bridgehead atoms. The summed E-state index contributed by atoms with van der Waals surface area (Å²) in [6.07, 6.45) is -1.41. The second-order valence-electron chi connectivity index (χ2n) is 4.60. The largest absolute Gasteiger partial charge is 0.416 e. The molecule has 3 nitrogen and oxygen atoms in total. The predicted molar refractivity (Wildman–Crippen MR) is 74.0 cm³/mol. The van der Waals surface area contributed by atoms with Crippen LogP contribution in [0.15, 0.2) is 24.3 Å². The van der Waals surface area contributed by atoms with Crippen LogP contribution in [0.4, 0.5) is 23.7 Å². The van der Waals surface area contributed by atoms with Gasteiger partial charge in [-0.2, -0.15) is 24.9 Å². The second kappa shape index (κ2) is 5.95. The number of hydrogen-bond donors (Lipinski definition) is 1. The van der Waals surface area contributed by atoms with Crippen LogP contribution in [-0.4, -0.2) is 35.5 Å². The molecule has 1 fully saturated rings. The fourth-order valence-electron chi connectivity index (χ4n) is 2.05. The molecule has 1 aromatic carbocycles. The van der Waals surface area contributed by atoms with Crippen molar-refractivity contribution in [2.75, 3.05) is 24.7 Å². The highest BCUT2D eigenvalue weighted by Crippen LogP contribution is 2.30. The van der Waals surface area contributed by atoms with Crippen LogP contribution in [0.5, 0.6) is 0 Å². The first-order valence-electron chi connectivity index (χ1n) is 6.16. The lowest BCUT2D eigenvalue weighted by Gasteiger charge is -2.17. The minimum Gasteiger partial charge on any atom is -0.323 e. The van der Waals surface area contributed by atoms with Crippen LogP contribution in [0.3, 0.4) is 0 Å². The van der Waals surface area contributed by atoms with Crippen molar-refractivity contribution in [2.24, 2.45) is 0 Å².